The van der Waals surface area contributed by atoms with Crippen molar-refractivity contribution < 1.29 is 20.0 Å². The van der Waals surface area contributed by atoms with Gasteiger partial charge in [-0.25, -0.2) is 0 Å². The number of phenols is 2. The van der Waals surface area contributed by atoms with Gasteiger partial charge in [0, 0.05) is 6.07 Å². The van der Waals surface area contributed by atoms with Gasteiger partial charge in [0.2, 0.25) is 11.5 Å². The lowest BCUT2D eigenvalue weighted by atomic mass is 10.2. The van der Waals surface area contributed by atoms with Crippen molar-refractivity contribution >= 4 is 0 Å². The smallest absolute Gasteiger partial charge is 0.227 e. The highest BCUT2D eigenvalue weighted by molar-refractivity contribution is 5.61. The molecule has 0 aromatic heterocycles. The normalized spacial score (nSPS) is 12.5. The Morgan fingerprint density at radius 2 is 1.55 bits per heavy atom. The van der Waals surface area contributed by atoms with E-state index in [9.17, 15) is 0 Å². The van der Waals surface area contributed by atoms with E-state index in [1.54, 1.807) is 6.92 Å². The third-order valence-corrected chi connectivity index (χ3v) is 1.63. The van der Waals surface area contributed by atoms with Crippen molar-refractivity contribution in [3.05, 3.63) is 11.6 Å². The predicted molar refractivity (Wildman–Crippen MR) is 35.8 cm³/mol. The summed E-state index contributed by atoms with van der Waals surface area (Å²) in [6.45, 7) is 1.69. The summed E-state index contributed by atoms with van der Waals surface area (Å²) in [6, 6.07) is 1.19. The molecule has 0 spiro atoms. The molecule has 1 aliphatic heterocycles. The lowest BCUT2D eigenvalue weighted by Crippen LogP contribution is -1.90. The Morgan fingerprint density at radius 3 is 2.00 bits per heavy atom. The van der Waals surface area contributed by atoms with E-state index in [0.717, 1.165) is 0 Å². The summed E-state index contributed by atoms with van der Waals surface area (Å²) < 4.78 is 0. The van der Waals surface area contributed by atoms with Crippen molar-refractivity contribution in [1.82, 2.24) is 0 Å². The Kier molecular flexibility index (Phi) is 0.961. The number of aromatic hydroxyl groups is 2. The van der Waals surface area contributed by atoms with Crippen molar-refractivity contribution in [2.24, 2.45) is 0 Å². The topological polar surface area (TPSA) is 58.9 Å². The molecule has 11 heavy (non-hydrogen) atoms. The first-order chi connectivity index (χ1) is 5.20. The maximum atomic E-state index is 9.14. The Bertz CT molecular complexity index is 290. The summed E-state index contributed by atoms with van der Waals surface area (Å²) >= 11 is 0. The van der Waals surface area contributed by atoms with Crippen molar-refractivity contribution in [2.75, 3.05) is 0 Å². The first-order valence-electron chi connectivity index (χ1n) is 3.10. The Hall–Kier alpha value is -1.58. The van der Waals surface area contributed by atoms with E-state index in [1.165, 1.54) is 6.07 Å². The van der Waals surface area contributed by atoms with Crippen molar-refractivity contribution in [2.45, 2.75) is 6.92 Å². The van der Waals surface area contributed by atoms with Crippen LogP contribution in [0.4, 0.5) is 0 Å². The van der Waals surface area contributed by atoms with Crippen molar-refractivity contribution in [1.29, 1.82) is 0 Å². The largest absolute Gasteiger partial charge is 0.504 e. The molecule has 4 nitrogen and oxygen atoms in total. The van der Waals surface area contributed by atoms with Crippen LogP contribution in [0.1, 0.15) is 5.56 Å². The van der Waals surface area contributed by atoms with Gasteiger partial charge in [-0.15, -0.1) is 0 Å². The molecule has 0 fully saturated rings. The second-order valence-corrected chi connectivity index (χ2v) is 2.36. The van der Waals surface area contributed by atoms with Crippen LogP contribution in [0.25, 0.3) is 0 Å². The maximum absolute atomic E-state index is 9.14. The molecule has 0 saturated heterocycles. The summed E-state index contributed by atoms with van der Waals surface area (Å²) in [4.78, 5) is 9.23. The minimum atomic E-state index is -0.110. The van der Waals surface area contributed by atoms with Gasteiger partial charge in [0.25, 0.3) is 0 Å². The molecule has 0 radical (unpaired) electrons. The number of rotatable bonds is 0. The molecule has 0 amide bonds. The lowest BCUT2D eigenvalue weighted by molar-refractivity contribution is -0.0873. The Labute approximate surface area is 62.5 Å². The van der Waals surface area contributed by atoms with E-state index < -0.39 is 0 Å². The number of hydrogen-bond donors (Lipinski definition) is 2. The SMILES string of the molecule is Cc1c2c(O)cc(O)c1OO2. The van der Waals surface area contributed by atoms with E-state index in [1.807, 2.05) is 0 Å². The minimum Gasteiger partial charge on any atom is -0.504 e. The van der Waals surface area contributed by atoms with Crippen LogP contribution in [0.5, 0.6) is 23.0 Å². The summed E-state index contributed by atoms with van der Waals surface area (Å²) in [5.74, 6) is 0.332. The van der Waals surface area contributed by atoms with Crippen LogP contribution in [-0.4, -0.2) is 10.2 Å². The number of phenolic OH excluding ortho intramolecular Hbond substituents is 2. The molecule has 0 atom stereocenters. The zero-order chi connectivity index (χ0) is 8.01. The number of hydrogen-bond acceptors (Lipinski definition) is 4. The summed E-state index contributed by atoms with van der Waals surface area (Å²) in [5.41, 5.74) is 0.613. The molecule has 0 aliphatic carbocycles. The van der Waals surface area contributed by atoms with Crippen LogP contribution in [-0.2, 0) is 0 Å². The van der Waals surface area contributed by atoms with Crippen LogP contribution >= 0.6 is 0 Å². The Balaban J connectivity index is 2.76. The second kappa shape index (κ2) is 1.72. The molecule has 4 heteroatoms. The first kappa shape index (κ1) is 6.15. The highest BCUT2D eigenvalue weighted by Crippen LogP contribution is 2.47. The molecule has 1 aliphatic rings. The minimum absolute atomic E-state index is 0.110. The van der Waals surface area contributed by atoms with E-state index in [-0.39, 0.29) is 23.0 Å². The summed E-state index contributed by atoms with van der Waals surface area (Å²) in [5, 5.41) is 18.3. The molecule has 1 heterocycles. The zero-order valence-corrected chi connectivity index (χ0v) is 5.79. The van der Waals surface area contributed by atoms with E-state index in [2.05, 4.69) is 9.78 Å². The molecule has 2 N–H and O–H groups in total. The van der Waals surface area contributed by atoms with Gasteiger partial charge in [0.1, 0.15) is 0 Å². The van der Waals surface area contributed by atoms with Crippen molar-refractivity contribution in [3.8, 4) is 23.0 Å². The van der Waals surface area contributed by atoms with Crippen LogP contribution in [0.2, 0.25) is 0 Å². The van der Waals surface area contributed by atoms with E-state index in [0.29, 0.717) is 5.56 Å². The summed E-state index contributed by atoms with van der Waals surface area (Å²) in [6.07, 6.45) is 0. The van der Waals surface area contributed by atoms with Crippen LogP contribution < -0.4 is 9.78 Å². The van der Waals surface area contributed by atoms with Gasteiger partial charge in [0.05, 0.1) is 5.56 Å². The van der Waals surface area contributed by atoms with Crippen LogP contribution in [0, 0.1) is 6.92 Å². The molecular formula is C7H6O4. The molecular weight excluding hydrogens is 148 g/mol. The van der Waals surface area contributed by atoms with Gasteiger partial charge in [-0.2, -0.15) is 0 Å². The summed E-state index contributed by atoms with van der Waals surface area (Å²) in [7, 11) is 0. The predicted octanol–water partition coefficient (Wildman–Crippen LogP) is 1.09. The number of fused-ring (bicyclic) bond motifs is 2. The third kappa shape index (κ3) is 0.633. The molecule has 1 aromatic rings. The van der Waals surface area contributed by atoms with E-state index >= 15 is 0 Å². The van der Waals surface area contributed by atoms with Gasteiger partial charge in [-0.3, -0.25) is 9.78 Å². The quantitative estimate of drug-likeness (QED) is 0.549. The molecule has 2 bridgehead atoms. The monoisotopic (exact) mass is 154 g/mol. The lowest BCUT2D eigenvalue weighted by Gasteiger charge is -1.95. The van der Waals surface area contributed by atoms with Crippen LogP contribution in [0.3, 0.4) is 0 Å². The maximum Gasteiger partial charge on any atom is 0.227 e. The average Bonchev–Trinajstić information content (AvgIpc) is 2.22. The van der Waals surface area contributed by atoms with Gasteiger partial charge >= 0.3 is 0 Å². The highest BCUT2D eigenvalue weighted by Gasteiger charge is 2.25. The van der Waals surface area contributed by atoms with Gasteiger partial charge < -0.3 is 10.2 Å². The first-order valence-corrected chi connectivity index (χ1v) is 3.10. The zero-order valence-electron chi connectivity index (χ0n) is 5.79. The van der Waals surface area contributed by atoms with Gasteiger partial charge in [-0.1, -0.05) is 0 Å². The Morgan fingerprint density at radius 1 is 1.09 bits per heavy atom. The standard InChI is InChI=1S/C7H6O4/c1-3-6-4(8)2-5(9)7(3)11-10-6/h2,8-9H,1H3. The number of benzene rings is 1. The highest BCUT2D eigenvalue weighted by atomic mass is 17.2. The molecule has 2 rings (SSSR count). The van der Waals surface area contributed by atoms with E-state index in [4.69, 9.17) is 10.2 Å². The average molecular weight is 154 g/mol. The fourth-order valence-corrected chi connectivity index (χ4v) is 1.04. The van der Waals surface area contributed by atoms with Crippen LogP contribution in [0.15, 0.2) is 6.07 Å². The fourth-order valence-electron chi connectivity index (χ4n) is 1.04. The third-order valence-electron chi connectivity index (χ3n) is 1.63. The fraction of sp³-hybridized carbons (Fsp3) is 0.143. The molecule has 1 aromatic carbocycles. The van der Waals surface area contributed by atoms with Gasteiger partial charge in [-0.05, 0) is 6.92 Å². The van der Waals surface area contributed by atoms with Gasteiger partial charge in [0.15, 0.2) is 11.5 Å². The van der Waals surface area contributed by atoms with Crippen molar-refractivity contribution in [3.63, 3.8) is 0 Å². The molecule has 0 unspecified atom stereocenters. The second-order valence-electron chi connectivity index (χ2n) is 2.36. The molecule has 0 saturated carbocycles. The molecule has 58 valence electrons.